The summed E-state index contributed by atoms with van der Waals surface area (Å²) in [5, 5.41) is 0. The van der Waals surface area contributed by atoms with Crippen LogP contribution >= 0.6 is 0 Å². The Morgan fingerprint density at radius 1 is 1.23 bits per heavy atom. The summed E-state index contributed by atoms with van der Waals surface area (Å²) in [4.78, 5) is 5.15. The smallest absolute Gasteiger partial charge is 0.0594 e. The fraction of sp³-hybridized carbons (Fsp3) is 1.00. The zero-order valence-corrected chi connectivity index (χ0v) is 9.58. The van der Waals surface area contributed by atoms with Crippen molar-refractivity contribution in [1.82, 2.24) is 9.80 Å². The van der Waals surface area contributed by atoms with Gasteiger partial charge in [0.1, 0.15) is 0 Å². The first-order valence-corrected chi connectivity index (χ1v) is 5.67. The van der Waals surface area contributed by atoms with Crippen LogP contribution in [0.1, 0.15) is 34.1 Å². The van der Waals surface area contributed by atoms with Gasteiger partial charge in [-0.1, -0.05) is 27.2 Å². The van der Waals surface area contributed by atoms with Crippen molar-refractivity contribution in [1.29, 1.82) is 0 Å². The van der Waals surface area contributed by atoms with Crippen molar-refractivity contribution in [2.24, 2.45) is 5.92 Å². The summed E-state index contributed by atoms with van der Waals surface area (Å²) in [6, 6.07) is 0. The van der Waals surface area contributed by atoms with Crippen LogP contribution in [0.5, 0.6) is 0 Å². The quantitative estimate of drug-likeness (QED) is 0.659. The lowest BCUT2D eigenvalue weighted by molar-refractivity contribution is 0.142. The first kappa shape index (κ1) is 11.0. The van der Waals surface area contributed by atoms with Gasteiger partial charge >= 0.3 is 0 Å². The minimum absolute atomic E-state index is 0.666. The van der Waals surface area contributed by atoms with Crippen molar-refractivity contribution in [3.05, 3.63) is 0 Å². The van der Waals surface area contributed by atoms with Crippen LogP contribution in [0.2, 0.25) is 0 Å². The van der Waals surface area contributed by atoms with Crippen molar-refractivity contribution in [2.45, 2.75) is 40.3 Å². The monoisotopic (exact) mass is 184 g/mol. The van der Waals surface area contributed by atoms with E-state index in [-0.39, 0.29) is 0 Å². The van der Waals surface area contributed by atoms with Crippen LogP contribution in [0.4, 0.5) is 0 Å². The molecule has 2 atom stereocenters. The number of hydrogen-bond donors (Lipinski definition) is 0. The Balaban J connectivity index is 2.36. The molecule has 0 saturated carbocycles. The molecule has 0 N–H and O–H groups in total. The molecule has 1 heterocycles. The normalized spacial score (nSPS) is 28.2. The van der Waals surface area contributed by atoms with Crippen LogP contribution in [-0.2, 0) is 0 Å². The highest BCUT2D eigenvalue weighted by molar-refractivity contribution is 4.78. The van der Waals surface area contributed by atoms with Gasteiger partial charge in [0.2, 0.25) is 0 Å². The van der Waals surface area contributed by atoms with Crippen LogP contribution in [0.3, 0.4) is 0 Å². The highest BCUT2D eigenvalue weighted by atomic mass is 15.4. The van der Waals surface area contributed by atoms with Gasteiger partial charge in [0.05, 0.1) is 6.17 Å². The molecule has 0 aromatic heterocycles. The maximum absolute atomic E-state index is 2.61. The summed E-state index contributed by atoms with van der Waals surface area (Å²) in [6.07, 6.45) is 1.97. The molecular weight excluding hydrogens is 160 g/mol. The van der Waals surface area contributed by atoms with Crippen molar-refractivity contribution < 1.29 is 0 Å². The summed E-state index contributed by atoms with van der Waals surface area (Å²) in [7, 11) is 0. The zero-order valence-electron chi connectivity index (χ0n) is 9.58. The average molecular weight is 184 g/mol. The predicted molar refractivity (Wildman–Crippen MR) is 57.7 cm³/mol. The number of rotatable bonds is 4. The first-order valence-electron chi connectivity index (χ1n) is 5.67. The molecule has 0 bridgehead atoms. The van der Waals surface area contributed by atoms with E-state index in [9.17, 15) is 0 Å². The molecule has 0 radical (unpaired) electrons. The third-order valence-corrected chi connectivity index (χ3v) is 3.38. The summed E-state index contributed by atoms with van der Waals surface area (Å²) >= 11 is 0. The molecule has 0 aliphatic carbocycles. The molecule has 0 aromatic carbocycles. The number of nitrogens with zero attached hydrogens (tertiary/aromatic N) is 2. The fourth-order valence-corrected chi connectivity index (χ4v) is 2.06. The van der Waals surface area contributed by atoms with E-state index in [4.69, 9.17) is 0 Å². The summed E-state index contributed by atoms with van der Waals surface area (Å²) in [5.41, 5.74) is 0. The van der Waals surface area contributed by atoms with Gasteiger partial charge in [-0.15, -0.1) is 0 Å². The molecule has 1 aliphatic heterocycles. The molecule has 13 heavy (non-hydrogen) atoms. The summed E-state index contributed by atoms with van der Waals surface area (Å²) < 4.78 is 0. The van der Waals surface area contributed by atoms with Gasteiger partial charge in [-0.3, -0.25) is 9.80 Å². The lowest BCUT2D eigenvalue weighted by Crippen LogP contribution is -2.38. The molecule has 0 aromatic rings. The van der Waals surface area contributed by atoms with E-state index >= 15 is 0 Å². The zero-order chi connectivity index (χ0) is 9.84. The number of likely N-dealkylation sites (N-methyl/N-ethyl adjacent to an activating group) is 1. The molecule has 2 heteroatoms. The molecule has 2 unspecified atom stereocenters. The van der Waals surface area contributed by atoms with E-state index < -0.39 is 0 Å². The molecule has 1 fully saturated rings. The van der Waals surface area contributed by atoms with Crippen molar-refractivity contribution >= 4 is 0 Å². The second kappa shape index (κ2) is 4.97. The van der Waals surface area contributed by atoms with Gasteiger partial charge in [0, 0.05) is 19.6 Å². The predicted octanol–water partition coefficient (Wildman–Crippen LogP) is 2.02. The van der Waals surface area contributed by atoms with E-state index in [1.807, 2.05) is 0 Å². The summed E-state index contributed by atoms with van der Waals surface area (Å²) in [6.45, 7) is 14.2. The van der Waals surface area contributed by atoms with Crippen molar-refractivity contribution in [3.63, 3.8) is 0 Å². The molecule has 2 nitrogen and oxygen atoms in total. The molecule has 0 spiro atoms. The van der Waals surface area contributed by atoms with E-state index in [0.717, 1.165) is 5.92 Å². The van der Waals surface area contributed by atoms with Crippen LogP contribution in [0.25, 0.3) is 0 Å². The van der Waals surface area contributed by atoms with Crippen LogP contribution < -0.4 is 0 Å². The van der Waals surface area contributed by atoms with E-state index in [0.29, 0.717) is 6.17 Å². The van der Waals surface area contributed by atoms with Crippen molar-refractivity contribution in [2.75, 3.05) is 26.2 Å². The van der Waals surface area contributed by atoms with E-state index in [1.54, 1.807) is 0 Å². The largest absolute Gasteiger partial charge is 0.287 e. The maximum Gasteiger partial charge on any atom is 0.0594 e. The SMILES string of the molecule is CCC(C)CN1CCN(CC)C1C. The van der Waals surface area contributed by atoms with Crippen LogP contribution in [0.15, 0.2) is 0 Å². The third-order valence-electron chi connectivity index (χ3n) is 3.38. The molecule has 1 rings (SSSR count). The van der Waals surface area contributed by atoms with Gasteiger partial charge < -0.3 is 0 Å². The Labute approximate surface area is 82.9 Å². The van der Waals surface area contributed by atoms with Crippen LogP contribution in [-0.4, -0.2) is 42.1 Å². The standard InChI is InChI=1S/C11H24N2/c1-5-10(3)9-13-8-7-12(6-2)11(13)4/h10-11H,5-9H2,1-4H3. The number of hydrogen-bond acceptors (Lipinski definition) is 2. The van der Waals surface area contributed by atoms with E-state index in [1.165, 1.54) is 32.6 Å². The van der Waals surface area contributed by atoms with Gasteiger partial charge in [-0.05, 0) is 19.4 Å². The van der Waals surface area contributed by atoms with Crippen LogP contribution in [0, 0.1) is 5.92 Å². The van der Waals surface area contributed by atoms with E-state index in [2.05, 4.69) is 37.5 Å². The molecule has 1 aliphatic rings. The van der Waals surface area contributed by atoms with Gasteiger partial charge in [0.25, 0.3) is 0 Å². The average Bonchev–Trinajstić information content (AvgIpc) is 2.48. The first-order chi connectivity index (χ1) is 6.19. The fourth-order valence-electron chi connectivity index (χ4n) is 2.06. The highest BCUT2D eigenvalue weighted by Gasteiger charge is 2.27. The third kappa shape index (κ3) is 2.68. The Kier molecular flexibility index (Phi) is 4.20. The Morgan fingerprint density at radius 2 is 1.85 bits per heavy atom. The minimum atomic E-state index is 0.666. The lowest BCUT2D eigenvalue weighted by Gasteiger charge is -2.27. The van der Waals surface area contributed by atoms with Crippen molar-refractivity contribution in [3.8, 4) is 0 Å². The van der Waals surface area contributed by atoms with Gasteiger partial charge in [-0.25, -0.2) is 0 Å². The highest BCUT2D eigenvalue weighted by Crippen LogP contribution is 2.16. The molecule has 1 saturated heterocycles. The summed E-state index contributed by atoms with van der Waals surface area (Å²) in [5.74, 6) is 0.847. The molecule has 0 amide bonds. The second-order valence-electron chi connectivity index (χ2n) is 4.27. The molecular formula is C11H24N2. The Bertz CT molecular complexity index is 147. The van der Waals surface area contributed by atoms with Gasteiger partial charge in [0.15, 0.2) is 0 Å². The Morgan fingerprint density at radius 3 is 2.31 bits per heavy atom. The maximum atomic E-state index is 2.61. The minimum Gasteiger partial charge on any atom is -0.287 e. The van der Waals surface area contributed by atoms with Gasteiger partial charge in [-0.2, -0.15) is 0 Å². The Hall–Kier alpha value is -0.0800. The second-order valence-corrected chi connectivity index (χ2v) is 4.27. The molecule has 78 valence electrons. The lowest BCUT2D eigenvalue weighted by atomic mass is 10.1. The topological polar surface area (TPSA) is 6.48 Å².